The largest absolute Gasteiger partial charge is 0.369 e. The van der Waals surface area contributed by atoms with Crippen LogP contribution in [0.2, 0.25) is 6.82 Å². The Morgan fingerprint density at radius 1 is 1.60 bits per heavy atom. The summed E-state index contributed by atoms with van der Waals surface area (Å²) in [5.74, 6) is -1.81. The molecule has 0 aliphatic rings. The molecule has 0 aliphatic carbocycles. The molecular weight excluding hydrogens is 194 g/mol. The number of halogens is 1. The molecule has 79 valence electrons. The predicted molar refractivity (Wildman–Crippen MR) is 58.6 cm³/mol. The molecule has 1 atom stereocenters. The molecule has 3 nitrogen and oxygen atoms in total. The number of benzene rings is 1. The van der Waals surface area contributed by atoms with Crippen molar-refractivity contribution in [2.24, 2.45) is 11.5 Å². The topological polar surface area (TPSA) is 69.1 Å². The lowest BCUT2D eigenvalue weighted by Crippen LogP contribution is -2.29. The summed E-state index contributed by atoms with van der Waals surface area (Å²) in [5.41, 5.74) is 11.5. The second kappa shape index (κ2) is 4.93. The first kappa shape index (κ1) is 11.7. The van der Waals surface area contributed by atoms with Gasteiger partial charge in [0.1, 0.15) is 13.1 Å². The van der Waals surface area contributed by atoms with Crippen LogP contribution in [0, 0.1) is 5.82 Å². The highest BCUT2D eigenvalue weighted by atomic mass is 19.1. The lowest BCUT2D eigenvalue weighted by Gasteiger charge is -2.12. The monoisotopic (exact) mass is 207 g/mol. The summed E-state index contributed by atoms with van der Waals surface area (Å²) in [6, 6.07) is 4.64. The lowest BCUT2D eigenvalue weighted by atomic mass is 9.73. The van der Waals surface area contributed by atoms with E-state index in [4.69, 9.17) is 11.5 Å². The molecule has 4 N–H and O–H groups in total. The fourth-order valence-electron chi connectivity index (χ4n) is 1.40. The first-order valence-corrected chi connectivity index (χ1v) is 4.68. The molecule has 0 bridgehead atoms. The van der Waals surface area contributed by atoms with E-state index >= 15 is 0 Å². The summed E-state index contributed by atoms with van der Waals surface area (Å²) in [5, 5.41) is 0. The van der Waals surface area contributed by atoms with Gasteiger partial charge in [0.25, 0.3) is 0 Å². The van der Waals surface area contributed by atoms with E-state index in [9.17, 15) is 9.18 Å². The third-order valence-corrected chi connectivity index (χ3v) is 2.31. The summed E-state index contributed by atoms with van der Waals surface area (Å²) in [6.07, 6.45) is 0. The minimum Gasteiger partial charge on any atom is -0.369 e. The number of rotatable bonds is 4. The average Bonchev–Trinajstić information content (AvgIpc) is 2.20. The van der Waals surface area contributed by atoms with Crippen LogP contribution in [0.4, 0.5) is 4.39 Å². The van der Waals surface area contributed by atoms with Crippen LogP contribution in [0.3, 0.4) is 0 Å². The van der Waals surface area contributed by atoms with E-state index < -0.39 is 17.6 Å². The Hall–Kier alpha value is -1.36. The molecular formula is C10H13BFN2O. The number of hydrogen-bond donors (Lipinski definition) is 2. The van der Waals surface area contributed by atoms with E-state index in [1.807, 2.05) is 6.82 Å². The maximum Gasteiger partial charge on any atom is 0.226 e. The van der Waals surface area contributed by atoms with Crippen molar-refractivity contribution in [3.8, 4) is 0 Å². The van der Waals surface area contributed by atoms with Gasteiger partial charge in [-0.15, -0.1) is 0 Å². The lowest BCUT2D eigenvalue weighted by molar-refractivity contribution is -0.119. The van der Waals surface area contributed by atoms with Gasteiger partial charge < -0.3 is 11.5 Å². The number of amides is 1. The van der Waals surface area contributed by atoms with Gasteiger partial charge in [-0.25, -0.2) is 4.39 Å². The van der Waals surface area contributed by atoms with Crippen LogP contribution in [0.1, 0.15) is 11.5 Å². The smallest absolute Gasteiger partial charge is 0.226 e. The molecule has 1 aromatic rings. The zero-order valence-electron chi connectivity index (χ0n) is 8.53. The van der Waals surface area contributed by atoms with Gasteiger partial charge in [0, 0.05) is 12.1 Å². The SMILES string of the molecule is C[B]c1ccc([C@@H](CN)C(N)=O)c(F)c1. The van der Waals surface area contributed by atoms with E-state index in [0.29, 0.717) is 0 Å². The Balaban J connectivity index is 3.08. The van der Waals surface area contributed by atoms with Crippen LogP contribution >= 0.6 is 0 Å². The summed E-state index contributed by atoms with van der Waals surface area (Å²) in [7, 11) is 1.77. The Bertz CT molecular complexity index is 370. The molecule has 0 saturated heterocycles. The fourth-order valence-corrected chi connectivity index (χ4v) is 1.40. The summed E-state index contributed by atoms with van der Waals surface area (Å²) in [6.45, 7) is 1.82. The molecule has 1 radical (unpaired) electrons. The van der Waals surface area contributed by atoms with Crippen molar-refractivity contribution < 1.29 is 9.18 Å². The highest BCUT2D eigenvalue weighted by Crippen LogP contribution is 2.16. The van der Waals surface area contributed by atoms with Crippen molar-refractivity contribution in [3.63, 3.8) is 0 Å². The van der Waals surface area contributed by atoms with Gasteiger partial charge in [-0.05, 0) is 6.07 Å². The molecule has 0 fully saturated rings. The molecule has 1 aromatic carbocycles. The van der Waals surface area contributed by atoms with Crippen LogP contribution in [-0.4, -0.2) is 19.7 Å². The molecule has 0 aliphatic heterocycles. The van der Waals surface area contributed by atoms with E-state index in [-0.39, 0.29) is 12.1 Å². The highest BCUT2D eigenvalue weighted by Gasteiger charge is 2.19. The third kappa shape index (κ3) is 2.56. The van der Waals surface area contributed by atoms with E-state index in [2.05, 4.69) is 0 Å². The van der Waals surface area contributed by atoms with E-state index in [1.54, 1.807) is 19.4 Å². The standard InChI is InChI=1S/C10H13BFN2O/c1-11-6-2-3-7(9(12)4-6)8(5-13)10(14)15/h2-4,8H,5,13H2,1H3,(H2,14,15)/t8-/m1/s1. The minimum atomic E-state index is -0.754. The van der Waals surface area contributed by atoms with Crippen LogP contribution in [0.5, 0.6) is 0 Å². The summed E-state index contributed by atoms with van der Waals surface area (Å²) < 4.78 is 13.6. The molecule has 1 amide bonds. The third-order valence-electron chi connectivity index (χ3n) is 2.31. The molecule has 0 aromatic heterocycles. The van der Waals surface area contributed by atoms with Gasteiger partial charge >= 0.3 is 0 Å². The fraction of sp³-hybridized carbons (Fsp3) is 0.300. The van der Waals surface area contributed by atoms with Crippen LogP contribution in [0.25, 0.3) is 0 Å². The Morgan fingerprint density at radius 2 is 2.27 bits per heavy atom. The highest BCUT2D eigenvalue weighted by molar-refractivity contribution is 6.51. The van der Waals surface area contributed by atoms with Crippen LogP contribution < -0.4 is 16.9 Å². The zero-order chi connectivity index (χ0) is 11.4. The zero-order valence-corrected chi connectivity index (χ0v) is 8.53. The summed E-state index contributed by atoms with van der Waals surface area (Å²) >= 11 is 0. The van der Waals surface area contributed by atoms with E-state index in [1.165, 1.54) is 6.07 Å². The van der Waals surface area contributed by atoms with Crippen molar-refractivity contribution in [1.82, 2.24) is 0 Å². The van der Waals surface area contributed by atoms with Gasteiger partial charge in [0.15, 0.2) is 0 Å². The van der Waals surface area contributed by atoms with Crippen molar-refractivity contribution in [2.75, 3.05) is 6.54 Å². The van der Waals surface area contributed by atoms with Crippen molar-refractivity contribution in [2.45, 2.75) is 12.7 Å². The molecule has 1 rings (SSSR count). The Morgan fingerprint density at radius 3 is 2.67 bits per heavy atom. The first-order chi connectivity index (χ1) is 7.10. The number of carbonyl (C=O) groups excluding carboxylic acids is 1. The second-order valence-corrected chi connectivity index (χ2v) is 3.26. The van der Waals surface area contributed by atoms with Gasteiger partial charge in [0.05, 0.1) is 5.92 Å². The van der Waals surface area contributed by atoms with Crippen LogP contribution in [-0.2, 0) is 4.79 Å². The van der Waals surface area contributed by atoms with Crippen molar-refractivity contribution in [1.29, 1.82) is 0 Å². The molecule has 0 heterocycles. The van der Waals surface area contributed by atoms with Gasteiger partial charge in [-0.2, -0.15) is 0 Å². The van der Waals surface area contributed by atoms with Gasteiger partial charge in [-0.1, -0.05) is 24.4 Å². The predicted octanol–water partition coefficient (Wildman–Crippen LogP) is -0.269. The van der Waals surface area contributed by atoms with Gasteiger partial charge in [-0.3, -0.25) is 4.79 Å². The number of hydrogen-bond acceptors (Lipinski definition) is 2. The molecule has 0 spiro atoms. The maximum atomic E-state index is 13.6. The summed E-state index contributed by atoms with van der Waals surface area (Å²) in [4.78, 5) is 11.0. The number of carbonyl (C=O) groups is 1. The maximum absolute atomic E-state index is 13.6. The number of nitrogens with two attached hydrogens (primary N) is 2. The number of primary amides is 1. The normalized spacial score (nSPS) is 12.2. The molecule has 15 heavy (non-hydrogen) atoms. The van der Waals surface area contributed by atoms with Gasteiger partial charge in [0.2, 0.25) is 5.91 Å². The second-order valence-electron chi connectivity index (χ2n) is 3.26. The Labute approximate surface area is 88.9 Å². The molecule has 0 saturated carbocycles. The minimum absolute atomic E-state index is 0.0153. The van der Waals surface area contributed by atoms with Crippen LogP contribution in [0.15, 0.2) is 18.2 Å². The van der Waals surface area contributed by atoms with Crippen molar-refractivity contribution in [3.05, 3.63) is 29.6 Å². The molecule has 0 unspecified atom stereocenters. The average molecular weight is 207 g/mol. The first-order valence-electron chi connectivity index (χ1n) is 4.68. The quantitative estimate of drug-likeness (QED) is 0.667. The molecule has 5 heteroatoms. The Kier molecular flexibility index (Phi) is 3.85. The van der Waals surface area contributed by atoms with Crippen molar-refractivity contribution >= 4 is 18.6 Å². The van der Waals surface area contributed by atoms with E-state index in [0.717, 1.165) is 5.46 Å².